The average molecular weight is 157 g/mol. The van der Waals surface area contributed by atoms with Crippen molar-refractivity contribution in [3.8, 4) is 0 Å². The smallest absolute Gasteiger partial charge is 0.240 e. The third kappa shape index (κ3) is 2.15. The van der Waals surface area contributed by atoms with Crippen LogP contribution in [0.15, 0.2) is 0 Å². The van der Waals surface area contributed by atoms with E-state index in [1.165, 1.54) is 4.68 Å². The predicted molar refractivity (Wildman–Crippen MR) is 38.7 cm³/mol. The first-order valence-corrected chi connectivity index (χ1v) is 3.44. The van der Waals surface area contributed by atoms with Gasteiger partial charge in [-0.15, -0.1) is 0 Å². The number of nitrogens with two attached hydrogens (primary N) is 1. The molecule has 0 atom stereocenters. The van der Waals surface area contributed by atoms with Gasteiger partial charge >= 0.3 is 0 Å². The summed E-state index contributed by atoms with van der Waals surface area (Å²) in [7, 11) is 0. The first kappa shape index (κ1) is 7.93. The Labute approximate surface area is 64.3 Å². The van der Waals surface area contributed by atoms with Crippen molar-refractivity contribution in [1.29, 1.82) is 0 Å². The fraction of sp³-hybridized carbons (Fsp3) is 0.800. The molecular formula is C5H11N5O. The fourth-order valence-corrected chi connectivity index (χ4v) is 0.666. The lowest BCUT2D eigenvalue weighted by Gasteiger charge is -2.00. The molecule has 0 aliphatic heterocycles. The summed E-state index contributed by atoms with van der Waals surface area (Å²) in [5.74, 6) is 0.324. The van der Waals surface area contributed by atoms with E-state index in [-0.39, 0.29) is 0 Å². The molecule has 0 aliphatic rings. The lowest BCUT2D eigenvalue weighted by atomic mass is 10.7. The molecule has 0 saturated carbocycles. The second-order valence-corrected chi connectivity index (χ2v) is 1.96. The standard InChI is InChI=1S/C5H11N5O/c1-2-11-4-3-10-5(6)7-8-9-10/h2-4H2,1H3,(H2,6,7,9). The largest absolute Gasteiger partial charge is 0.380 e. The van der Waals surface area contributed by atoms with Gasteiger partial charge in [-0.3, -0.25) is 0 Å². The molecule has 0 amide bonds. The number of ether oxygens (including phenoxy) is 1. The third-order valence-corrected chi connectivity index (χ3v) is 1.21. The van der Waals surface area contributed by atoms with Crippen molar-refractivity contribution in [2.24, 2.45) is 0 Å². The normalized spacial score (nSPS) is 10.3. The van der Waals surface area contributed by atoms with Crippen LogP contribution in [0.25, 0.3) is 0 Å². The highest BCUT2D eigenvalue weighted by molar-refractivity contribution is 5.09. The third-order valence-electron chi connectivity index (χ3n) is 1.21. The van der Waals surface area contributed by atoms with Crippen molar-refractivity contribution in [2.75, 3.05) is 18.9 Å². The summed E-state index contributed by atoms with van der Waals surface area (Å²) in [6, 6.07) is 0. The Bertz CT molecular complexity index is 210. The zero-order chi connectivity index (χ0) is 8.10. The van der Waals surface area contributed by atoms with Gasteiger partial charge in [0.25, 0.3) is 0 Å². The minimum Gasteiger partial charge on any atom is -0.380 e. The maximum atomic E-state index is 5.39. The number of hydrogen-bond donors (Lipinski definition) is 1. The van der Waals surface area contributed by atoms with Crippen LogP contribution in [0.4, 0.5) is 5.95 Å². The van der Waals surface area contributed by atoms with Crippen LogP contribution in [0.3, 0.4) is 0 Å². The summed E-state index contributed by atoms with van der Waals surface area (Å²) >= 11 is 0. The molecule has 11 heavy (non-hydrogen) atoms. The minimum atomic E-state index is 0.324. The molecule has 6 nitrogen and oxygen atoms in total. The van der Waals surface area contributed by atoms with Crippen LogP contribution in [0.1, 0.15) is 6.92 Å². The number of rotatable bonds is 4. The molecule has 0 aromatic carbocycles. The Hall–Kier alpha value is -1.17. The van der Waals surface area contributed by atoms with Gasteiger partial charge in [0.2, 0.25) is 5.95 Å². The number of anilines is 1. The highest BCUT2D eigenvalue weighted by atomic mass is 16.5. The molecule has 0 aliphatic carbocycles. The molecule has 1 rings (SSSR count). The quantitative estimate of drug-likeness (QED) is 0.584. The lowest BCUT2D eigenvalue weighted by Crippen LogP contribution is -2.10. The first-order valence-electron chi connectivity index (χ1n) is 3.44. The SMILES string of the molecule is CCOCCn1nnnc1N. The second kappa shape index (κ2) is 3.87. The van der Waals surface area contributed by atoms with Crippen LogP contribution in [0, 0.1) is 0 Å². The van der Waals surface area contributed by atoms with Gasteiger partial charge in [-0.2, -0.15) is 0 Å². The summed E-state index contributed by atoms with van der Waals surface area (Å²) < 4.78 is 6.59. The number of aromatic nitrogens is 4. The number of nitrogen functional groups attached to an aromatic ring is 1. The summed E-state index contributed by atoms with van der Waals surface area (Å²) in [5, 5.41) is 10.5. The van der Waals surface area contributed by atoms with E-state index in [1.807, 2.05) is 6.92 Å². The van der Waals surface area contributed by atoms with Gasteiger partial charge < -0.3 is 10.5 Å². The van der Waals surface area contributed by atoms with Crippen molar-refractivity contribution in [3.63, 3.8) is 0 Å². The maximum Gasteiger partial charge on any atom is 0.240 e. The van der Waals surface area contributed by atoms with Crippen molar-refractivity contribution in [2.45, 2.75) is 13.5 Å². The lowest BCUT2D eigenvalue weighted by molar-refractivity contribution is 0.136. The summed E-state index contributed by atoms with van der Waals surface area (Å²) in [5.41, 5.74) is 5.39. The number of tetrazole rings is 1. The van der Waals surface area contributed by atoms with Crippen LogP contribution >= 0.6 is 0 Å². The van der Waals surface area contributed by atoms with E-state index in [0.29, 0.717) is 25.7 Å². The average Bonchev–Trinajstić information content (AvgIpc) is 2.37. The molecule has 1 heterocycles. The van der Waals surface area contributed by atoms with Crippen LogP contribution in [0.5, 0.6) is 0 Å². The molecule has 0 spiro atoms. The van der Waals surface area contributed by atoms with E-state index in [2.05, 4.69) is 15.5 Å². The molecule has 62 valence electrons. The zero-order valence-corrected chi connectivity index (χ0v) is 6.40. The van der Waals surface area contributed by atoms with Crippen LogP contribution in [-0.4, -0.2) is 33.4 Å². The Morgan fingerprint density at radius 1 is 1.64 bits per heavy atom. The summed E-state index contributed by atoms with van der Waals surface area (Å²) in [6.07, 6.45) is 0. The topological polar surface area (TPSA) is 78.8 Å². The van der Waals surface area contributed by atoms with Crippen molar-refractivity contribution in [3.05, 3.63) is 0 Å². The van der Waals surface area contributed by atoms with Gasteiger partial charge in [0.15, 0.2) is 0 Å². The van der Waals surface area contributed by atoms with Gasteiger partial charge in [-0.25, -0.2) is 4.68 Å². The Morgan fingerprint density at radius 2 is 2.45 bits per heavy atom. The molecule has 6 heteroatoms. The van der Waals surface area contributed by atoms with E-state index in [9.17, 15) is 0 Å². The van der Waals surface area contributed by atoms with Crippen LogP contribution in [0.2, 0.25) is 0 Å². The fourth-order valence-electron chi connectivity index (χ4n) is 0.666. The van der Waals surface area contributed by atoms with E-state index in [4.69, 9.17) is 10.5 Å². The minimum absolute atomic E-state index is 0.324. The molecule has 0 bridgehead atoms. The Balaban J connectivity index is 2.32. The van der Waals surface area contributed by atoms with Gasteiger partial charge in [0.1, 0.15) is 0 Å². The number of nitrogens with zero attached hydrogens (tertiary/aromatic N) is 4. The van der Waals surface area contributed by atoms with Gasteiger partial charge in [-0.05, 0) is 17.4 Å². The molecule has 0 radical (unpaired) electrons. The highest BCUT2D eigenvalue weighted by Gasteiger charge is 1.98. The van der Waals surface area contributed by atoms with Crippen molar-refractivity contribution >= 4 is 5.95 Å². The summed E-state index contributed by atoms with van der Waals surface area (Å²) in [4.78, 5) is 0. The van der Waals surface area contributed by atoms with Gasteiger partial charge in [0, 0.05) is 6.61 Å². The predicted octanol–water partition coefficient (Wildman–Crippen LogP) is -0.708. The molecule has 1 aromatic rings. The summed E-state index contributed by atoms with van der Waals surface area (Å²) in [6.45, 7) is 3.82. The van der Waals surface area contributed by atoms with Crippen molar-refractivity contribution < 1.29 is 4.74 Å². The maximum absolute atomic E-state index is 5.39. The molecule has 0 unspecified atom stereocenters. The highest BCUT2D eigenvalue weighted by Crippen LogP contribution is 1.90. The Kier molecular flexibility index (Phi) is 2.79. The van der Waals surface area contributed by atoms with Gasteiger partial charge in [-0.1, -0.05) is 5.10 Å². The Morgan fingerprint density at radius 3 is 3.00 bits per heavy atom. The first-order chi connectivity index (χ1) is 5.34. The van der Waals surface area contributed by atoms with E-state index >= 15 is 0 Å². The van der Waals surface area contributed by atoms with Crippen LogP contribution in [-0.2, 0) is 11.3 Å². The molecule has 0 fully saturated rings. The molecular weight excluding hydrogens is 146 g/mol. The van der Waals surface area contributed by atoms with Gasteiger partial charge in [0.05, 0.1) is 13.2 Å². The molecule has 2 N–H and O–H groups in total. The molecule has 0 saturated heterocycles. The van der Waals surface area contributed by atoms with Crippen molar-refractivity contribution in [1.82, 2.24) is 20.2 Å². The zero-order valence-electron chi connectivity index (χ0n) is 6.40. The number of hydrogen-bond acceptors (Lipinski definition) is 5. The van der Waals surface area contributed by atoms with Crippen LogP contribution < -0.4 is 5.73 Å². The second-order valence-electron chi connectivity index (χ2n) is 1.96. The van der Waals surface area contributed by atoms with E-state index in [1.54, 1.807) is 0 Å². The molecule has 1 aromatic heterocycles. The van der Waals surface area contributed by atoms with E-state index < -0.39 is 0 Å². The monoisotopic (exact) mass is 157 g/mol. The van der Waals surface area contributed by atoms with E-state index in [0.717, 1.165) is 0 Å².